The Hall–Kier alpha value is -6.17. The lowest BCUT2D eigenvalue weighted by Gasteiger charge is -2.28. The van der Waals surface area contributed by atoms with E-state index < -0.39 is 0 Å². The van der Waals surface area contributed by atoms with Crippen molar-refractivity contribution in [3.63, 3.8) is 0 Å². The number of rotatable bonds is 4. The van der Waals surface area contributed by atoms with Crippen molar-refractivity contribution in [2.45, 2.75) is 57.3 Å². The molecule has 0 spiro atoms. The normalized spacial score (nSPS) is 13.8. The first kappa shape index (κ1) is 36.0. The van der Waals surface area contributed by atoms with Crippen molar-refractivity contribution in [3.8, 4) is 16.8 Å². The number of nitrogens with zero attached hydrogens (tertiary/aromatic N) is 1. The van der Waals surface area contributed by atoms with Gasteiger partial charge in [0.1, 0.15) is 11.2 Å². The zero-order valence-corrected chi connectivity index (χ0v) is 35.3. The highest BCUT2D eigenvalue weighted by molar-refractivity contribution is 8.08. The Kier molecular flexibility index (Phi) is 7.87. The van der Waals surface area contributed by atoms with Gasteiger partial charge < -0.3 is 14.3 Å². The quantitative estimate of drug-likeness (QED) is 0.180. The van der Waals surface area contributed by atoms with E-state index in [4.69, 9.17) is 4.42 Å². The maximum atomic E-state index is 6.51. The first-order chi connectivity index (χ1) is 28.4. The molecule has 0 radical (unpaired) electrons. The zero-order valence-electron chi connectivity index (χ0n) is 34.5. The van der Waals surface area contributed by atoms with Gasteiger partial charge in [0.2, 0.25) is 0 Å². The third kappa shape index (κ3) is 5.81. The molecule has 2 aliphatic rings. The molecule has 0 unspecified atom stereocenters. The van der Waals surface area contributed by atoms with Gasteiger partial charge in [-0.1, -0.05) is 150 Å². The van der Waals surface area contributed by atoms with Gasteiger partial charge in [0.05, 0.1) is 5.52 Å². The molecule has 7 aromatic carbocycles. The second kappa shape index (κ2) is 12.9. The van der Waals surface area contributed by atoms with Crippen molar-refractivity contribution >= 4 is 95.6 Å². The fourth-order valence-electron chi connectivity index (χ4n) is 9.24. The van der Waals surface area contributed by atoms with Crippen molar-refractivity contribution in [1.82, 2.24) is 4.57 Å². The summed E-state index contributed by atoms with van der Waals surface area (Å²) in [7, 11) is 0.803. The van der Waals surface area contributed by atoms with Crippen molar-refractivity contribution in [3.05, 3.63) is 168 Å². The minimum atomic E-state index is -0.0233. The van der Waals surface area contributed by atoms with E-state index in [1.807, 2.05) is 17.8 Å². The van der Waals surface area contributed by atoms with Gasteiger partial charge in [-0.2, -0.15) is 0 Å². The second-order valence-corrected chi connectivity index (χ2v) is 19.5. The SMILES string of the molecule is C=C1C=C(c2ccccc2)Sc2cc3c(cc21)Bc1c(-c2cc(C(C)(C)C)ccc2Nc2ccc(C(C)(C)C)cc2)ccc2c4cc5oc6ccccc6c5cc4n-3c12. The lowest BCUT2D eigenvalue weighted by atomic mass is 9.58. The number of anilines is 2. The Balaban J connectivity index is 1.16. The van der Waals surface area contributed by atoms with Crippen LogP contribution in [0.25, 0.3) is 71.0 Å². The van der Waals surface area contributed by atoms with Crippen LogP contribution in [0.1, 0.15) is 63.8 Å². The Morgan fingerprint density at radius 3 is 2.15 bits per heavy atom. The summed E-state index contributed by atoms with van der Waals surface area (Å²) in [4.78, 5) is 2.46. The Morgan fingerprint density at radius 1 is 0.627 bits per heavy atom. The van der Waals surface area contributed by atoms with Crippen LogP contribution in [-0.4, -0.2) is 11.8 Å². The van der Waals surface area contributed by atoms with Gasteiger partial charge in [-0.25, -0.2) is 0 Å². The van der Waals surface area contributed by atoms with Gasteiger partial charge in [0.25, 0.3) is 0 Å². The van der Waals surface area contributed by atoms with E-state index in [0.29, 0.717) is 0 Å². The van der Waals surface area contributed by atoms with Gasteiger partial charge in [0, 0.05) is 59.5 Å². The van der Waals surface area contributed by atoms with Crippen LogP contribution < -0.4 is 16.2 Å². The number of aromatic nitrogens is 1. The monoisotopic (exact) mass is 780 g/mol. The molecule has 11 rings (SSSR count). The highest BCUT2D eigenvalue weighted by atomic mass is 32.2. The van der Waals surface area contributed by atoms with Crippen molar-refractivity contribution < 1.29 is 4.42 Å². The molecule has 0 bridgehead atoms. The summed E-state index contributed by atoms with van der Waals surface area (Å²) < 4.78 is 9.06. The molecule has 0 saturated heterocycles. The number of fused-ring (bicyclic) bond motifs is 9. The first-order valence-corrected chi connectivity index (χ1v) is 21.5. The molecule has 2 aliphatic heterocycles. The maximum Gasteiger partial charge on any atom is 0.198 e. The van der Waals surface area contributed by atoms with Crippen molar-refractivity contribution in [2.75, 3.05) is 5.32 Å². The van der Waals surface area contributed by atoms with E-state index in [1.165, 1.54) is 81.6 Å². The van der Waals surface area contributed by atoms with Gasteiger partial charge >= 0.3 is 0 Å². The summed E-state index contributed by atoms with van der Waals surface area (Å²) in [5.41, 5.74) is 19.0. The number of hydrogen-bond donors (Lipinski definition) is 1. The molecular weight excluding hydrogens is 735 g/mol. The highest BCUT2D eigenvalue weighted by Crippen LogP contribution is 2.47. The van der Waals surface area contributed by atoms with Crippen LogP contribution in [0.15, 0.2) is 155 Å². The minimum Gasteiger partial charge on any atom is -0.456 e. The highest BCUT2D eigenvalue weighted by Gasteiger charge is 2.30. The largest absolute Gasteiger partial charge is 0.456 e. The van der Waals surface area contributed by atoms with E-state index in [-0.39, 0.29) is 10.8 Å². The fourth-order valence-corrected chi connectivity index (χ4v) is 10.4. The van der Waals surface area contributed by atoms with Crippen LogP contribution in [-0.2, 0) is 10.8 Å². The molecule has 0 atom stereocenters. The molecule has 9 aromatic rings. The molecule has 0 aliphatic carbocycles. The Labute approximate surface area is 350 Å². The molecular formula is C54H45BN2OS. The standard InChI is InChI=1S/C54H45BN2OS/c1-31-25-49(32-13-9-8-10-14-32)59-50-30-46-43(27-39(31)50)55-51-37(40-26-34(54(5,6)7)19-24-44(40)56-35-20-17-33(18-21-35)53(2,3)4)22-23-38-41-29-48-42(28-45(41)57(46)52(38)51)36-15-11-12-16-47(36)58-48/h8-30,55-56H,1H2,2-7H3. The second-order valence-electron chi connectivity index (χ2n) is 18.4. The third-order valence-corrected chi connectivity index (χ3v) is 13.6. The molecule has 3 nitrogen and oxygen atoms in total. The van der Waals surface area contributed by atoms with Crippen LogP contribution >= 0.6 is 11.8 Å². The van der Waals surface area contributed by atoms with E-state index in [0.717, 1.165) is 46.2 Å². The first-order valence-electron chi connectivity index (χ1n) is 20.6. The van der Waals surface area contributed by atoms with Crippen LogP contribution in [0.5, 0.6) is 0 Å². The summed E-state index contributed by atoms with van der Waals surface area (Å²) in [5, 5.41) is 8.58. The smallest absolute Gasteiger partial charge is 0.198 e. The summed E-state index contributed by atoms with van der Waals surface area (Å²) in [6, 6.07) is 49.2. The number of furan rings is 1. The van der Waals surface area contributed by atoms with Gasteiger partial charge in [-0.05, 0) is 104 Å². The van der Waals surface area contributed by atoms with Crippen LogP contribution in [0, 0.1) is 0 Å². The van der Waals surface area contributed by atoms with Gasteiger partial charge in [0.15, 0.2) is 7.28 Å². The molecule has 0 saturated carbocycles. The van der Waals surface area contributed by atoms with Crippen LogP contribution in [0.2, 0.25) is 0 Å². The summed E-state index contributed by atoms with van der Waals surface area (Å²) >= 11 is 1.84. The molecule has 286 valence electrons. The van der Waals surface area contributed by atoms with E-state index in [2.05, 4.69) is 191 Å². The lowest BCUT2D eigenvalue weighted by Crippen LogP contribution is -2.37. The fraction of sp³-hybridized carbons (Fsp3) is 0.148. The Morgan fingerprint density at radius 2 is 1.37 bits per heavy atom. The molecule has 0 amide bonds. The average molecular weight is 781 g/mol. The number of nitrogens with one attached hydrogen (secondary N) is 1. The summed E-state index contributed by atoms with van der Waals surface area (Å²) in [6.45, 7) is 18.3. The number of benzene rings is 7. The van der Waals surface area contributed by atoms with E-state index >= 15 is 0 Å². The Bertz CT molecular complexity index is 3260. The minimum absolute atomic E-state index is 0.0233. The molecule has 59 heavy (non-hydrogen) atoms. The van der Waals surface area contributed by atoms with Crippen LogP contribution in [0.3, 0.4) is 0 Å². The average Bonchev–Trinajstić information content (AvgIpc) is 3.75. The van der Waals surface area contributed by atoms with Gasteiger partial charge in [-0.15, -0.1) is 0 Å². The molecule has 2 aromatic heterocycles. The number of hydrogen-bond acceptors (Lipinski definition) is 3. The zero-order chi connectivity index (χ0) is 40.4. The van der Waals surface area contributed by atoms with E-state index in [9.17, 15) is 0 Å². The van der Waals surface area contributed by atoms with Crippen molar-refractivity contribution in [1.29, 1.82) is 0 Å². The molecule has 4 heterocycles. The topological polar surface area (TPSA) is 30.1 Å². The molecule has 0 fully saturated rings. The third-order valence-electron chi connectivity index (χ3n) is 12.5. The summed E-state index contributed by atoms with van der Waals surface area (Å²) in [6.07, 6.45) is 2.25. The number of thioether (sulfide) groups is 1. The van der Waals surface area contributed by atoms with Gasteiger partial charge in [-0.3, -0.25) is 0 Å². The molecule has 5 heteroatoms. The predicted octanol–water partition coefficient (Wildman–Crippen LogP) is 13.5. The molecule has 1 N–H and O–H groups in total. The summed E-state index contributed by atoms with van der Waals surface area (Å²) in [5.74, 6) is 0. The maximum absolute atomic E-state index is 6.51. The van der Waals surface area contributed by atoms with Crippen molar-refractivity contribution in [2.24, 2.45) is 0 Å². The number of allylic oxidation sites excluding steroid dienone is 2. The van der Waals surface area contributed by atoms with Crippen LogP contribution in [0.4, 0.5) is 11.4 Å². The number of para-hydroxylation sites is 1. The lowest BCUT2D eigenvalue weighted by molar-refractivity contribution is 0.590. The predicted molar refractivity (Wildman–Crippen MR) is 256 cm³/mol. The van der Waals surface area contributed by atoms with E-state index in [1.54, 1.807) is 0 Å².